The van der Waals surface area contributed by atoms with E-state index in [-0.39, 0.29) is 6.42 Å². The SMILES string of the molecule is CC(O)(CC=O)c1ccco1. The molecule has 0 spiro atoms. The number of carbonyl (C=O) groups excluding carboxylic acids is 1. The minimum Gasteiger partial charge on any atom is -0.466 e. The minimum absolute atomic E-state index is 0.0561. The Kier molecular flexibility index (Phi) is 2.10. The Morgan fingerprint density at radius 3 is 3.00 bits per heavy atom. The summed E-state index contributed by atoms with van der Waals surface area (Å²) >= 11 is 0. The molecule has 1 heterocycles. The number of aliphatic hydroxyl groups is 1. The van der Waals surface area contributed by atoms with E-state index in [1.807, 2.05) is 0 Å². The largest absolute Gasteiger partial charge is 0.466 e. The number of carbonyl (C=O) groups is 1. The van der Waals surface area contributed by atoms with Crippen LogP contribution < -0.4 is 0 Å². The molecule has 0 aliphatic rings. The van der Waals surface area contributed by atoms with Crippen molar-refractivity contribution in [3.63, 3.8) is 0 Å². The summed E-state index contributed by atoms with van der Waals surface area (Å²) < 4.78 is 4.94. The molecule has 1 N–H and O–H groups in total. The van der Waals surface area contributed by atoms with Gasteiger partial charge in [0.15, 0.2) is 0 Å². The summed E-state index contributed by atoms with van der Waals surface area (Å²) in [6.07, 6.45) is 2.19. The van der Waals surface area contributed by atoms with Crippen molar-refractivity contribution in [1.82, 2.24) is 0 Å². The van der Waals surface area contributed by atoms with Gasteiger partial charge in [0.25, 0.3) is 0 Å². The van der Waals surface area contributed by atoms with E-state index in [0.29, 0.717) is 12.0 Å². The van der Waals surface area contributed by atoms with Gasteiger partial charge in [-0.1, -0.05) is 0 Å². The molecule has 0 aliphatic heterocycles. The van der Waals surface area contributed by atoms with Crippen LogP contribution in [0, 0.1) is 0 Å². The van der Waals surface area contributed by atoms with E-state index < -0.39 is 5.60 Å². The van der Waals surface area contributed by atoms with E-state index in [9.17, 15) is 9.90 Å². The third-order valence-corrected chi connectivity index (χ3v) is 1.53. The van der Waals surface area contributed by atoms with Crippen molar-refractivity contribution in [1.29, 1.82) is 0 Å². The smallest absolute Gasteiger partial charge is 0.135 e. The van der Waals surface area contributed by atoms with Crippen LogP contribution in [0.1, 0.15) is 19.1 Å². The van der Waals surface area contributed by atoms with E-state index in [1.54, 1.807) is 19.1 Å². The van der Waals surface area contributed by atoms with Crippen molar-refractivity contribution in [3.8, 4) is 0 Å². The van der Waals surface area contributed by atoms with Gasteiger partial charge in [-0.05, 0) is 19.1 Å². The molecule has 0 bridgehead atoms. The van der Waals surface area contributed by atoms with E-state index in [1.165, 1.54) is 6.26 Å². The highest BCUT2D eigenvalue weighted by molar-refractivity contribution is 5.51. The molecule has 1 aromatic heterocycles. The Balaban J connectivity index is 2.81. The lowest BCUT2D eigenvalue weighted by molar-refractivity contribution is -0.112. The van der Waals surface area contributed by atoms with Gasteiger partial charge in [0, 0.05) is 6.42 Å². The Hall–Kier alpha value is -1.09. The average molecular weight is 154 g/mol. The lowest BCUT2D eigenvalue weighted by Gasteiger charge is -2.16. The van der Waals surface area contributed by atoms with E-state index in [0.717, 1.165) is 0 Å². The molecule has 0 amide bonds. The maximum atomic E-state index is 10.1. The Morgan fingerprint density at radius 1 is 1.82 bits per heavy atom. The molecule has 11 heavy (non-hydrogen) atoms. The average Bonchev–Trinajstić information content (AvgIpc) is 2.37. The van der Waals surface area contributed by atoms with Crippen LogP contribution in [-0.4, -0.2) is 11.4 Å². The molecule has 0 radical (unpaired) electrons. The number of aldehydes is 1. The zero-order valence-corrected chi connectivity index (χ0v) is 6.28. The number of furan rings is 1. The highest BCUT2D eigenvalue weighted by atomic mass is 16.4. The third kappa shape index (κ3) is 1.68. The van der Waals surface area contributed by atoms with Crippen LogP contribution in [0.2, 0.25) is 0 Å². The van der Waals surface area contributed by atoms with Gasteiger partial charge in [-0.15, -0.1) is 0 Å². The van der Waals surface area contributed by atoms with Gasteiger partial charge in [0.05, 0.1) is 6.26 Å². The monoisotopic (exact) mass is 154 g/mol. The quantitative estimate of drug-likeness (QED) is 0.662. The second-order valence-corrected chi connectivity index (χ2v) is 2.62. The molecule has 3 heteroatoms. The molecular formula is C8H10O3. The molecule has 60 valence electrons. The second kappa shape index (κ2) is 2.88. The number of hydrogen-bond acceptors (Lipinski definition) is 3. The van der Waals surface area contributed by atoms with Crippen LogP contribution in [0.3, 0.4) is 0 Å². The third-order valence-electron chi connectivity index (χ3n) is 1.53. The molecule has 0 saturated carbocycles. The first-order valence-electron chi connectivity index (χ1n) is 3.37. The molecule has 0 aromatic carbocycles. The molecule has 1 unspecified atom stereocenters. The maximum Gasteiger partial charge on any atom is 0.135 e. The van der Waals surface area contributed by atoms with Crippen molar-refractivity contribution < 1.29 is 14.3 Å². The first-order chi connectivity index (χ1) is 5.17. The van der Waals surface area contributed by atoms with Crippen LogP contribution in [0.25, 0.3) is 0 Å². The molecule has 0 saturated heterocycles. The fourth-order valence-electron chi connectivity index (χ4n) is 0.848. The molecule has 3 nitrogen and oxygen atoms in total. The second-order valence-electron chi connectivity index (χ2n) is 2.62. The Bertz CT molecular complexity index is 223. The van der Waals surface area contributed by atoms with E-state index >= 15 is 0 Å². The molecule has 1 rings (SSSR count). The van der Waals surface area contributed by atoms with Crippen LogP contribution in [0.5, 0.6) is 0 Å². The topological polar surface area (TPSA) is 50.4 Å². The van der Waals surface area contributed by atoms with Gasteiger partial charge in [-0.2, -0.15) is 0 Å². The van der Waals surface area contributed by atoms with Crippen molar-refractivity contribution in [3.05, 3.63) is 24.2 Å². The van der Waals surface area contributed by atoms with Gasteiger partial charge in [0.1, 0.15) is 17.6 Å². The minimum atomic E-state index is -1.16. The summed E-state index contributed by atoms with van der Waals surface area (Å²) in [5.41, 5.74) is -1.16. The predicted octanol–water partition coefficient (Wildman–Crippen LogP) is 1.08. The normalized spacial score (nSPS) is 15.8. The fraction of sp³-hybridized carbons (Fsp3) is 0.375. The number of hydrogen-bond donors (Lipinski definition) is 1. The van der Waals surface area contributed by atoms with Crippen LogP contribution in [0.4, 0.5) is 0 Å². The summed E-state index contributed by atoms with van der Waals surface area (Å²) in [5.74, 6) is 0.421. The van der Waals surface area contributed by atoms with Crippen molar-refractivity contribution in [2.24, 2.45) is 0 Å². The van der Waals surface area contributed by atoms with Gasteiger partial charge in [0.2, 0.25) is 0 Å². The summed E-state index contributed by atoms with van der Waals surface area (Å²) in [7, 11) is 0. The van der Waals surface area contributed by atoms with Crippen LogP contribution in [-0.2, 0) is 10.4 Å². The molecule has 1 atom stereocenters. The van der Waals surface area contributed by atoms with Crippen molar-refractivity contribution in [2.45, 2.75) is 18.9 Å². The van der Waals surface area contributed by atoms with Crippen LogP contribution >= 0.6 is 0 Å². The summed E-state index contributed by atoms with van der Waals surface area (Å²) in [6.45, 7) is 1.54. The van der Waals surface area contributed by atoms with Crippen LogP contribution in [0.15, 0.2) is 22.8 Å². The maximum absolute atomic E-state index is 10.1. The Morgan fingerprint density at radius 2 is 2.55 bits per heavy atom. The zero-order chi connectivity index (χ0) is 8.32. The van der Waals surface area contributed by atoms with Gasteiger partial charge in [-0.25, -0.2) is 0 Å². The van der Waals surface area contributed by atoms with Gasteiger partial charge in [-0.3, -0.25) is 0 Å². The standard InChI is InChI=1S/C8H10O3/c1-8(10,4-5-9)7-3-2-6-11-7/h2-3,5-6,10H,4H2,1H3. The molecule has 0 fully saturated rings. The van der Waals surface area contributed by atoms with Gasteiger partial charge >= 0.3 is 0 Å². The first-order valence-corrected chi connectivity index (χ1v) is 3.37. The van der Waals surface area contributed by atoms with Crippen molar-refractivity contribution in [2.75, 3.05) is 0 Å². The first kappa shape index (κ1) is 8.01. The summed E-state index contributed by atoms with van der Waals surface area (Å²) in [4.78, 5) is 10.1. The molecule has 1 aromatic rings. The fourth-order valence-corrected chi connectivity index (χ4v) is 0.848. The highest BCUT2D eigenvalue weighted by Crippen LogP contribution is 2.22. The Labute approximate surface area is 64.6 Å². The summed E-state index contributed by atoms with van der Waals surface area (Å²) in [5, 5.41) is 9.55. The van der Waals surface area contributed by atoms with Gasteiger partial charge < -0.3 is 14.3 Å². The van der Waals surface area contributed by atoms with Crippen molar-refractivity contribution >= 4 is 6.29 Å². The predicted molar refractivity (Wildman–Crippen MR) is 39.0 cm³/mol. The molecule has 0 aliphatic carbocycles. The highest BCUT2D eigenvalue weighted by Gasteiger charge is 2.25. The van der Waals surface area contributed by atoms with E-state index in [2.05, 4.69) is 0 Å². The summed E-state index contributed by atoms with van der Waals surface area (Å²) in [6, 6.07) is 3.32. The number of rotatable bonds is 3. The lowest BCUT2D eigenvalue weighted by atomic mass is 10.0. The molecular weight excluding hydrogens is 144 g/mol. The zero-order valence-electron chi connectivity index (χ0n) is 6.28. The lowest BCUT2D eigenvalue weighted by Crippen LogP contribution is -2.20. The van der Waals surface area contributed by atoms with E-state index in [4.69, 9.17) is 4.42 Å².